The molecule has 0 amide bonds. The van der Waals surface area contributed by atoms with Crippen molar-refractivity contribution in [3.05, 3.63) is 53.5 Å². The Hall–Kier alpha value is -3.19. The van der Waals surface area contributed by atoms with Gasteiger partial charge < -0.3 is 19.5 Å². The number of benzene rings is 1. The van der Waals surface area contributed by atoms with Gasteiger partial charge in [0, 0.05) is 17.7 Å². The number of methoxy groups -OCH3 is 1. The maximum atomic E-state index is 6.22. The third kappa shape index (κ3) is 2.96. The van der Waals surface area contributed by atoms with Gasteiger partial charge in [-0.15, -0.1) is 0 Å². The number of fused-ring (bicyclic) bond motifs is 1. The summed E-state index contributed by atoms with van der Waals surface area (Å²) in [4.78, 5) is 9.18. The molecule has 0 unspecified atom stereocenters. The van der Waals surface area contributed by atoms with Gasteiger partial charge in [-0.25, -0.2) is 9.97 Å². The number of aryl methyl sites for hydroxylation is 1. The molecular formula is C20H18N4O2S. The standard InChI is InChI=1S/C20H18N4O2S/c1-3-24-19-17(18(21)23-20(24)27)14(16-5-4-10-26-16)11-15(22-19)12-6-8-13(25-2)9-7-12/h4-11H,3H2,1-2H3,(H2,21,23,27). The van der Waals surface area contributed by atoms with Gasteiger partial charge in [0.1, 0.15) is 23.0 Å². The van der Waals surface area contributed by atoms with E-state index in [1.165, 1.54) is 0 Å². The van der Waals surface area contributed by atoms with Gasteiger partial charge in [-0.3, -0.25) is 0 Å². The van der Waals surface area contributed by atoms with E-state index in [0.717, 1.165) is 28.0 Å². The lowest BCUT2D eigenvalue weighted by molar-refractivity contribution is 0.415. The topological polar surface area (TPSA) is 79.1 Å². The fraction of sp³-hybridized carbons (Fsp3) is 0.150. The second kappa shape index (κ2) is 6.85. The number of nitrogens with zero attached hydrogens (tertiary/aromatic N) is 3. The Morgan fingerprint density at radius 3 is 2.59 bits per heavy atom. The highest BCUT2D eigenvalue weighted by atomic mass is 32.1. The first-order valence-corrected chi connectivity index (χ1v) is 8.92. The summed E-state index contributed by atoms with van der Waals surface area (Å²) in [6.45, 7) is 2.64. The van der Waals surface area contributed by atoms with E-state index in [0.29, 0.717) is 28.5 Å². The Kier molecular flexibility index (Phi) is 4.37. The molecule has 0 saturated heterocycles. The lowest BCUT2D eigenvalue weighted by atomic mass is 10.0. The molecule has 27 heavy (non-hydrogen) atoms. The van der Waals surface area contributed by atoms with Crippen LogP contribution in [0.4, 0.5) is 5.82 Å². The Labute approximate surface area is 161 Å². The van der Waals surface area contributed by atoms with Gasteiger partial charge in [0.15, 0.2) is 0 Å². The molecule has 1 aromatic carbocycles. The Morgan fingerprint density at radius 1 is 1.19 bits per heavy atom. The molecule has 6 nitrogen and oxygen atoms in total. The summed E-state index contributed by atoms with van der Waals surface area (Å²) < 4.78 is 13.2. The van der Waals surface area contributed by atoms with Crippen LogP contribution in [-0.2, 0) is 6.54 Å². The molecule has 7 heteroatoms. The molecule has 0 aliphatic heterocycles. The third-order valence-corrected chi connectivity index (χ3v) is 4.76. The number of hydrogen-bond donors (Lipinski definition) is 1. The summed E-state index contributed by atoms with van der Waals surface area (Å²) in [5, 5.41) is 0.734. The minimum atomic E-state index is 0.347. The molecule has 0 aliphatic carbocycles. The van der Waals surface area contributed by atoms with E-state index >= 15 is 0 Å². The number of hydrogen-bond acceptors (Lipinski definition) is 6. The van der Waals surface area contributed by atoms with Crippen molar-refractivity contribution >= 4 is 29.1 Å². The fourth-order valence-corrected chi connectivity index (χ4v) is 3.42. The van der Waals surface area contributed by atoms with Gasteiger partial charge >= 0.3 is 0 Å². The summed E-state index contributed by atoms with van der Waals surface area (Å²) in [7, 11) is 1.64. The van der Waals surface area contributed by atoms with E-state index < -0.39 is 0 Å². The van der Waals surface area contributed by atoms with E-state index in [4.69, 9.17) is 32.1 Å². The zero-order chi connectivity index (χ0) is 19.0. The van der Waals surface area contributed by atoms with Crippen LogP contribution in [0.3, 0.4) is 0 Å². The smallest absolute Gasteiger partial charge is 0.203 e. The molecule has 0 atom stereocenters. The SMILES string of the molecule is CCn1c(=S)nc(N)c2c(-c3ccco3)cc(-c3ccc(OC)cc3)nc21. The highest BCUT2D eigenvalue weighted by molar-refractivity contribution is 7.71. The van der Waals surface area contributed by atoms with Crippen molar-refractivity contribution in [3.63, 3.8) is 0 Å². The minimum absolute atomic E-state index is 0.347. The molecule has 2 N–H and O–H groups in total. The van der Waals surface area contributed by atoms with Crippen molar-refractivity contribution < 1.29 is 9.15 Å². The van der Waals surface area contributed by atoms with E-state index in [1.54, 1.807) is 13.4 Å². The van der Waals surface area contributed by atoms with Gasteiger partial charge in [0.05, 0.1) is 24.5 Å². The summed E-state index contributed by atoms with van der Waals surface area (Å²) in [5.74, 6) is 1.83. The molecule has 0 saturated carbocycles. The largest absolute Gasteiger partial charge is 0.497 e. The predicted molar refractivity (Wildman–Crippen MR) is 108 cm³/mol. The Bertz CT molecular complexity index is 1170. The molecule has 4 aromatic rings. The number of pyridine rings is 1. The zero-order valence-electron chi connectivity index (χ0n) is 15.0. The van der Waals surface area contributed by atoms with Crippen LogP contribution in [0, 0.1) is 4.77 Å². The highest BCUT2D eigenvalue weighted by Crippen LogP contribution is 2.35. The second-order valence-corrected chi connectivity index (χ2v) is 6.35. The average Bonchev–Trinajstić information content (AvgIpc) is 3.22. The number of furan rings is 1. The van der Waals surface area contributed by atoms with Crippen LogP contribution in [0.25, 0.3) is 33.6 Å². The third-order valence-electron chi connectivity index (χ3n) is 4.45. The second-order valence-electron chi connectivity index (χ2n) is 5.98. The number of nitrogens with two attached hydrogens (primary N) is 1. The first-order valence-electron chi connectivity index (χ1n) is 8.51. The van der Waals surface area contributed by atoms with Gasteiger partial charge in [-0.05, 0) is 61.6 Å². The number of anilines is 1. The van der Waals surface area contributed by atoms with E-state index in [1.807, 2.05) is 54.0 Å². The number of ether oxygens (including phenoxy) is 1. The van der Waals surface area contributed by atoms with Gasteiger partial charge in [0.25, 0.3) is 0 Å². The summed E-state index contributed by atoms with van der Waals surface area (Å²) >= 11 is 5.39. The van der Waals surface area contributed by atoms with Crippen molar-refractivity contribution in [2.75, 3.05) is 12.8 Å². The van der Waals surface area contributed by atoms with Crippen LogP contribution in [0.15, 0.2) is 53.1 Å². The first-order chi connectivity index (χ1) is 13.1. The van der Waals surface area contributed by atoms with Crippen LogP contribution >= 0.6 is 12.2 Å². The molecular weight excluding hydrogens is 360 g/mol. The summed E-state index contributed by atoms with van der Waals surface area (Å²) in [5.41, 5.74) is 9.49. The molecule has 0 bridgehead atoms. The molecule has 0 spiro atoms. The molecule has 0 fully saturated rings. The average molecular weight is 378 g/mol. The van der Waals surface area contributed by atoms with Gasteiger partial charge in [0.2, 0.25) is 4.77 Å². The van der Waals surface area contributed by atoms with Crippen molar-refractivity contribution in [2.24, 2.45) is 0 Å². The monoisotopic (exact) mass is 378 g/mol. The first kappa shape index (κ1) is 17.2. The van der Waals surface area contributed by atoms with Gasteiger partial charge in [-0.1, -0.05) is 0 Å². The van der Waals surface area contributed by atoms with Crippen LogP contribution in [0.1, 0.15) is 6.92 Å². The minimum Gasteiger partial charge on any atom is -0.497 e. The number of aromatic nitrogens is 3. The van der Waals surface area contributed by atoms with Crippen LogP contribution in [0.5, 0.6) is 5.75 Å². The lowest BCUT2D eigenvalue weighted by Crippen LogP contribution is -2.08. The van der Waals surface area contributed by atoms with Crippen molar-refractivity contribution in [2.45, 2.75) is 13.5 Å². The van der Waals surface area contributed by atoms with Crippen LogP contribution in [-0.4, -0.2) is 21.6 Å². The highest BCUT2D eigenvalue weighted by Gasteiger charge is 2.17. The summed E-state index contributed by atoms with van der Waals surface area (Å²) in [6, 6.07) is 13.4. The number of rotatable bonds is 4. The van der Waals surface area contributed by atoms with Crippen LogP contribution in [0.2, 0.25) is 0 Å². The maximum Gasteiger partial charge on any atom is 0.203 e. The normalized spacial score (nSPS) is 11.0. The maximum absolute atomic E-state index is 6.22. The number of nitrogen functional groups attached to an aromatic ring is 1. The Morgan fingerprint density at radius 2 is 1.96 bits per heavy atom. The molecule has 3 aromatic heterocycles. The van der Waals surface area contributed by atoms with Gasteiger partial charge in [-0.2, -0.15) is 0 Å². The molecule has 0 radical (unpaired) electrons. The van der Waals surface area contributed by atoms with E-state index in [9.17, 15) is 0 Å². The van der Waals surface area contributed by atoms with Crippen molar-refractivity contribution in [1.82, 2.24) is 14.5 Å². The van der Waals surface area contributed by atoms with Crippen LogP contribution < -0.4 is 10.5 Å². The molecule has 0 aliphatic rings. The van der Waals surface area contributed by atoms with Crippen molar-refractivity contribution in [1.29, 1.82) is 0 Å². The fourth-order valence-electron chi connectivity index (χ4n) is 3.11. The van der Waals surface area contributed by atoms with Crippen molar-refractivity contribution in [3.8, 4) is 28.3 Å². The molecule has 4 rings (SSSR count). The Balaban J connectivity index is 2.08. The van der Waals surface area contributed by atoms with E-state index in [2.05, 4.69) is 4.98 Å². The quantitative estimate of drug-likeness (QED) is 0.519. The predicted octanol–water partition coefficient (Wildman–Crippen LogP) is 4.70. The summed E-state index contributed by atoms with van der Waals surface area (Å²) in [6.07, 6.45) is 1.63. The lowest BCUT2D eigenvalue weighted by Gasteiger charge is -2.14. The zero-order valence-corrected chi connectivity index (χ0v) is 15.8. The molecule has 3 heterocycles. The van der Waals surface area contributed by atoms with E-state index in [-0.39, 0.29) is 0 Å². The molecule has 136 valence electrons.